The lowest BCUT2D eigenvalue weighted by Gasteiger charge is -2.29. The van der Waals surface area contributed by atoms with Gasteiger partial charge in [-0.3, -0.25) is 4.79 Å². The molecule has 1 N–H and O–H groups in total. The first kappa shape index (κ1) is 24.6. The molecule has 3 aromatic rings. The molecule has 186 valence electrons. The van der Waals surface area contributed by atoms with Crippen LogP contribution in [0.2, 0.25) is 0 Å². The van der Waals surface area contributed by atoms with Crippen molar-refractivity contribution in [1.82, 2.24) is 9.78 Å². The van der Waals surface area contributed by atoms with Crippen LogP contribution in [0.15, 0.2) is 48.7 Å². The number of amides is 1. The molecule has 1 aliphatic heterocycles. The zero-order valence-electron chi connectivity index (χ0n) is 18.4. The fourth-order valence-electron chi connectivity index (χ4n) is 3.79. The van der Waals surface area contributed by atoms with Crippen LogP contribution in [0.1, 0.15) is 27.2 Å². The van der Waals surface area contributed by atoms with E-state index in [1.165, 1.54) is 0 Å². The van der Waals surface area contributed by atoms with Crippen LogP contribution in [0.25, 0.3) is 5.69 Å². The highest BCUT2D eigenvalue weighted by Gasteiger charge is 2.41. The molecule has 1 fully saturated rings. The number of hydrogen-bond donors (Lipinski definition) is 1. The van der Waals surface area contributed by atoms with Crippen LogP contribution in [0.5, 0.6) is 0 Å². The van der Waals surface area contributed by atoms with Gasteiger partial charge in [-0.15, -0.1) is 0 Å². The summed E-state index contributed by atoms with van der Waals surface area (Å²) in [6, 6.07) is 8.42. The zero-order valence-corrected chi connectivity index (χ0v) is 18.4. The van der Waals surface area contributed by atoms with Gasteiger partial charge in [0.2, 0.25) is 0 Å². The molecule has 2 heterocycles. The summed E-state index contributed by atoms with van der Waals surface area (Å²) in [4.78, 5) is 14.9. The van der Waals surface area contributed by atoms with Crippen LogP contribution < -0.4 is 10.2 Å². The summed E-state index contributed by atoms with van der Waals surface area (Å²) >= 11 is 0. The first-order valence-corrected chi connectivity index (χ1v) is 10.5. The Bertz CT molecular complexity index is 1230. The third-order valence-corrected chi connectivity index (χ3v) is 5.53. The molecule has 1 saturated heterocycles. The maximum atomic E-state index is 13.9. The van der Waals surface area contributed by atoms with E-state index in [-0.39, 0.29) is 0 Å². The Kier molecular flexibility index (Phi) is 6.50. The van der Waals surface area contributed by atoms with E-state index < -0.39 is 40.8 Å². The van der Waals surface area contributed by atoms with Gasteiger partial charge in [0, 0.05) is 24.5 Å². The molecule has 0 atom stereocenters. The average molecular weight is 498 g/mol. The van der Waals surface area contributed by atoms with Crippen molar-refractivity contribution in [2.45, 2.75) is 19.3 Å². The molecule has 1 amide bonds. The van der Waals surface area contributed by atoms with Gasteiger partial charge in [0.15, 0.2) is 5.69 Å². The number of anilines is 2. The second kappa shape index (κ2) is 9.25. The van der Waals surface area contributed by atoms with Crippen LogP contribution in [0.4, 0.5) is 37.7 Å². The summed E-state index contributed by atoms with van der Waals surface area (Å²) in [5.41, 5.74) is -2.09. The predicted molar refractivity (Wildman–Crippen MR) is 116 cm³/mol. The summed E-state index contributed by atoms with van der Waals surface area (Å²) in [6.07, 6.45) is -9.13. The number of halogens is 6. The molecule has 1 aliphatic rings. The molecule has 0 spiro atoms. The maximum Gasteiger partial charge on any atom is 0.434 e. The Labute approximate surface area is 196 Å². The second-order valence-electron chi connectivity index (χ2n) is 7.92. The van der Waals surface area contributed by atoms with E-state index in [2.05, 4.69) is 15.3 Å². The van der Waals surface area contributed by atoms with Crippen LogP contribution in [0, 0.1) is 6.92 Å². The minimum atomic E-state index is -5.06. The highest BCUT2D eigenvalue weighted by Crippen LogP contribution is 2.36. The summed E-state index contributed by atoms with van der Waals surface area (Å²) in [7, 11) is 0. The van der Waals surface area contributed by atoms with E-state index in [9.17, 15) is 31.1 Å². The first-order valence-electron chi connectivity index (χ1n) is 10.5. The minimum absolute atomic E-state index is 0.290. The van der Waals surface area contributed by atoms with Crippen molar-refractivity contribution in [3.63, 3.8) is 0 Å². The summed E-state index contributed by atoms with van der Waals surface area (Å²) in [6.45, 7) is 4.24. The fourth-order valence-corrected chi connectivity index (χ4v) is 3.79. The van der Waals surface area contributed by atoms with Gasteiger partial charge in [0.25, 0.3) is 5.91 Å². The molecule has 4 rings (SSSR count). The Morgan fingerprint density at radius 1 is 0.971 bits per heavy atom. The largest absolute Gasteiger partial charge is 0.434 e. The number of hydrogen-bond acceptors (Lipinski definition) is 4. The van der Waals surface area contributed by atoms with Crippen molar-refractivity contribution in [1.29, 1.82) is 0 Å². The SMILES string of the molecule is Cc1cc(N2CCOCC2)ccc1NC(=O)c1cnn(-c2cccc(C(F)(F)F)c2)c1C(F)(F)F. The Morgan fingerprint density at radius 3 is 2.31 bits per heavy atom. The van der Waals surface area contributed by atoms with E-state index in [1.807, 2.05) is 0 Å². The van der Waals surface area contributed by atoms with Crippen LogP contribution in [-0.2, 0) is 17.1 Å². The van der Waals surface area contributed by atoms with Gasteiger partial charge in [0.1, 0.15) is 0 Å². The molecule has 0 unspecified atom stereocenters. The van der Waals surface area contributed by atoms with Gasteiger partial charge < -0.3 is 15.0 Å². The summed E-state index contributed by atoms with van der Waals surface area (Å²) in [5.74, 6) is -1.09. The molecule has 0 bridgehead atoms. The number of nitrogens with zero attached hydrogens (tertiary/aromatic N) is 3. The Morgan fingerprint density at radius 2 is 1.69 bits per heavy atom. The lowest BCUT2D eigenvalue weighted by Crippen LogP contribution is -2.36. The van der Waals surface area contributed by atoms with Gasteiger partial charge in [-0.05, 0) is 48.9 Å². The third kappa shape index (κ3) is 5.26. The molecule has 0 saturated carbocycles. The molecular formula is C23H20F6N4O2. The summed E-state index contributed by atoms with van der Waals surface area (Å²) in [5, 5.41) is 6.04. The molecule has 35 heavy (non-hydrogen) atoms. The number of alkyl halides is 6. The Balaban J connectivity index is 1.64. The van der Waals surface area contributed by atoms with E-state index in [0.29, 0.717) is 54.5 Å². The molecule has 2 aromatic carbocycles. The quantitative estimate of drug-likeness (QED) is 0.496. The van der Waals surface area contributed by atoms with Crippen LogP contribution in [0.3, 0.4) is 0 Å². The number of morpholine rings is 1. The minimum Gasteiger partial charge on any atom is -0.378 e. The number of benzene rings is 2. The molecule has 0 radical (unpaired) electrons. The van der Waals surface area contributed by atoms with E-state index >= 15 is 0 Å². The van der Waals surface area contributed by atoms with Crippen molar-refractivity contribution < 1.29 is 35.9 Å². The molecule has 0 aliphatic carbocycles. The topological polar surface area (TPSA) is 59.4 Å². The molecule has 1 aromatic heterocycles. The molecule has 12 heteroatoms. The van der Waals surface area contributed by atoms with Crippen molar-refractivity contribution >= 4 is 17.3 Å². The number of nitrogens with one attached hydrogen (secondary N) is 1. The standard InChI is InChI=1S/C23H20F6N4O2/c1-14-11-16(32-7-9-35-10-8-32)5-6-19(14)31-21(34)18-13-30-33(20(18)23(27,28)29)17-4-2-3-15(12-17)22(24,25)26/h2-6,11-13H,7-10H2,1H3,(H,31,34). The number of aromatic nitrogens is 2. The lowest BCUT2D eigenvalue weighted by atomic mass is 10.1. The highest BCUT2D eigenvalue weighted by molar-refractivity contribution is 6.05. The maximum absolute atomic E-state index is 13.9. The van der Waals surface area contributed by atoms with Crippen LogP contribution >= 0.6 is 0 Å². The van der Waals surface area contributed by atoms with Gasteiger partial charge in [-0.1, -0.05) is 6.07 Å². The van der Waals surface area contributed by atoms with Gasteiger partial charge in [-0.2, -0.15) is 31.4 Å². The fraction of sp³-hybridized carbons (Fsp3) is 0.304. The second-order valence-corrected chi connectivity index (χ2v) is 7.92. The number of carbonyl (C=O) groups is 1. The van der Waals surface area contributed by atoms with Crippen LogP contribution in [-0.4, -0.2) is 42.0 Å². The van der Waals surface area contributed by atoms with Crippen molar-refractivity contribution in [3.05, 3.63) is 71.0 Å². The third-order valence-electron chi connectivity index (χ3n) is 5.53. The highest BCUT2D eigenvalue weighted by atomic mass is 19.4. The smallest absolute Gasteiger partial charge is 0.378 e. The normalized spacial score (nSPS) is 14.8. The number of carbonyl (C=O) groups excluding carboxylic acids is 1. The number of rotatable bonds is 4. The monoisotopic (exact) mass is 498 g/mol. The van der Waals surface area contributed by atoms with Gasteiger partial charge in [-0.25, -0.2) is 4.68 Å². The van der Waals surface area contributed by atoms with Gasteiger partial charge in [0.05, 0.1) is 36.2 Å². The zero-order chi connectivity index (χ0) is 25.4. The number of ether oxygens (including phenoxy) is 1. The lowest BCUT2D eigenvalue weighted by molar-refractivity contribution is -0.143. The molecule has 6 nitrogen and oxygen atoms in total. The van der Waals surface area contributed by atoms with Gasteiger partial charge >= 0.3 is 12.4 Å². The van der Waals surface area contributed by atoms with Crippen molar-refractivity contribution in [2.24, 2.45) is 0 Å². The van der Waals surface area contributed by atoms with E-state index in [0.717, 1.165) is 23.9 Å². The van der Waals surface area contributed by atoms with Crippen molar-refractivity contribution in [3.8, 4) is 5.69 Å². The summed E-state index contributed by atoms with van der Waals surface area (Å²) < 4.78 is 86.5. The number of aryl methyl sites for hydroxylation is 1. The molecular weight excluding hydrogens is 478 g/mol. The van der Waals surface area contributed by atoms with E-state index in [4.69, 9.17) is 4.74 Å². The van der Waals surface area contributed by atoms with E-state index in [1.54, 1.807) is 25.1 Å². The average Bonchev–Trinajstić information content (AvgIpc) is 3.27. The Hall–Kier alpha value is -3.54. The first-order chi connectivity index (χ1) is 16.4. The predicted octanol–water partition coefficient (Wildman–Crippen LogP) is 5.31. The van der Waals surface area contributed by atoms with Crippen molar-refractivity contribution in [2.75, 3.05) is 36.5 Å².